The van der Waals surface area contributed by atoms with Gasteiger partial charge in [-0.05, 0) is 26.3 Å². The zero-order valence-electron chi connectivity index (χ0n) is 11.6. The Morgan fingerprint density at radius 3 is 2.74 bits per heavy atom. The Bertz CT molecular complexity index is 501. The summed E-state index contributed by atoms with van der Waals surface area (Å²) in [6.07, 6.45) is 0.611. The normalized spacial score (nSPS) is 13.2. The third-order valence-corrected chi connectivity index (χ3v) is 3.00. The van der Waals surface area contributed by atoms with E-state index in [4.69, 9.17) is 10.9 Å². The number of nitrogens with two attached hydrogens (primary N) is 1. The summed E-state index contributed by atoms with van der Waals surface area (Å²) in [6, 6.07) is 1.19. The van der Waals surface area contributed by atoms with Gasteiger partial charge in [-0.1, -0.05) is 12.1 Å². The summed E-state index contributed by atoms with van der Waals surface area (Å²) < 4.78 is 0. The first-order valence-electron chi connectivity index (χ1n) is 6.00. The molecule has 104 valence electrons. The van der Waals surface area contributed by atoms with Crippen molar-refractivity contribution in [1.82, 2.24) is 15.1 Å². The molecule has 19 heavy (non-hydrogen) atoms. The Kier molecular flexibility index (Phi) is 4.80. The molecule has 1 amide bonds. The summed E-state index contributed by atoms with van der Waals surface area (Å²) in [5, 5.41) is 19.5. The van der Waals surface area contributed by atoms with E-state index < -0.39 is 6.04 Å². The highest BCUT2D eigenvalue weighted by Gasteiger charge is 2.23. The fourth-order valence-electron chi connectivity index (χ4n) is 1.61. The molecule has 1 atom stereocenters. The highest BCUT2D eigenvalue weighted by Crippen LogP contribution is 2.12. The Labute approximate surface area is 112 Å². The summed E-state index contributed by atoms with van der Waals surface area (Å²) in [7, 11) is 1.60. The monoisotopic (exact) mass is 265 g/mol. The number of amidine groups is 1. The largest absolute Gasteiger partial charge is 0.409 e. The number of aromatic nitrogens is 2. The van der Waals surface area contributed by atoms with Gasteiger partial charge in [-0.25, -0.2) is 0 Å². The highest BCUT2D eigenvalue weighted by atomic mass is 16.4. The topological polar surface area (TPSA) is 105 Å². The van der Waals surface area contributed by atoms with Gasteiger partial charge >= 0.3 is 0 Å². The van der Waals surface area contributed by atoms with Crippen LogP contribution >= 0.6 is 0 Å². The molecule has 0 spiro atoms. The molecule has 7 nitrogen and oxygen atoms in total. The molecule has 0 aromatic carbocycles. The number of aryl methyl sites for hydroxylation is 2. The summed E-state index contributed by atoms with van der Waals surface area (Å²) in [6.45, 7) is 5.36. The maximum Gasteiger partial charge on any atom is 0.256 e. The minimum Gasteiger partial charge on any atom is -0.409 e. The third-order valence-electron chi connectivity index (χ3n) is 3.00. The molecule has 1 aromatic rings. The lowest BCUT2D eigenvalue weighted by molar-refractivity contribution is 0.0774. The number of likely N-dealkylation sites (N-methyl/N-ethyl adjacent to an activating group) is 1. The smallest absolute Gasteiger partial charge is 0.256 e. The molecule has 1 rings (SSSR count). The van der Waals surface area contributed by atoms with Crippen molar-refractivity contribution in [3.8, 4) is 0 Å². The van der Waals surface area contributed by atoms with Crippen LogP contribution in [0.4, 0.5) is 0 Å². The first-order valence-corrected chi connectivity index (χ1v) is 6.00. The van der Waals surface area contributed by atoms with Gasteiger partial charge in [0.15, 0.2) is 5.84 Å². The molecule has 0 aliphatic carbocycles. The van der Waals surface area contributed by atoms with Gasteiger partial charge in [-0.3, -0.25) is 4.79 Å². The predicted octanol–water partition coefficient (Wildman–Crippen LogP) is 0.554. The predicted molar refractivity (Wildman–Crippen MR) is 71.1 cm³/mol. The van der Waals surface area contributed by atoms with Crippen molar-refractivity contribution in [3.05, 3.63) is 23.0 Å². The van der Waals surface area contributed by atoms with Crippen LogP contribution in [0.15, 0.2) is 11.2 Å². The molecule has 0 bridgehead atoms. The van der Waals surface area contributed by atoms with Crippen molar-refractivity contribution >= 4 is 11.7 Å². The lowest BCUT2D eigenvalue weighted by Gasteiger charge is -2.24. The van der Waals surface area contributed by atoms with Crippen LogP contribution in [0.25, 0.3) is 0 Å². The number of carbonyl (C=O) groups excluding carboxylic acids is 1. The number of rotatable bonds is 4. The van der Waals surface area contributed by atoms with Crippen LogP contribution in [0.5, 0.6) is 0 Å². The Morgan fingerprint density at radius 2 is 2.21 bits per heavy atom. The van der Waals surface area contributed by atoms with Gasteiger partial charge in [-0.15, -0.1) is 0 Å². The zero-order valence-corrected chi connectivity index (χ0v) is 11.6. The van der Waals surface area contributed by atoms with Crippen LogP contribution in [0.3, 0.4) is 0 Å². The van der Waals surface area contributed by atoms with Crippen molar-refractivity contribution in [2.24, 2.45) is 10.9 Å². The second-order valence-corrected chi connectivity index (χ2v) is 4.32. The van der Waals surface area contributed by atoms with E-state index in [9.17, 15) is 4.79 Å². The molecule has 1 heterocycles. The van der Waals surface area contributed by atoms with Crippen molar-refractivity contribution in [1.29, 1.82) is 0 Å². The fraction of sp³-hybridized carbons (Fsp3) is 0.500. The Balaban J connectivity index is 3.09. The third kappa shape index (κ3) is 3.18. The number of hydrogen-bond acceptors (Lipinski definition) is 5. The molecule has 0 radical (unpaired) electrons. The molecule has 0 saturated heterocycles. The maximum atomic E-state index is 12.4. The number of oxime groups is 1. The lowest BCUT2D eigenvalue weighted by Crippen LogP contribution is -2.44. The quantitative estimate of drug-likeness (QED) is 0.358. The van der Waals surface area contributed by atoms with Gasteiger partial charge < -0.3 is 15.8 Å². The summed E-state index contributed by atoms with van der Waals surface area (Å²) in [5.41, 5.74) is 7.31. The lowest BCUT2D eigenvalue weighted by atomic mass is 10.1. The van der Waals surface area contributed by atoms with E-state index in [2.05, 4.69) is 15.4 Å². The minimum absolute atomic E-state index is 0.0207. The van der Waals surface area contributed by atoms with Crippen LogP contribution in [-0.2, 0) is 6.42 Å². The van der Waals surface area contributed by atoms with E-state index in [-0.39, 0.29) is 11.7 Å². The van der Waals surface area contributed by atoms with E-state index in [0.717, 1.165) is 0 Å². The number of nitrogens with zero attached hydrogens (tertiary/aromatic N) is 4. The van der Waals surface area contributed by atoms with E-state index in [1.807, 2.05) is 6.92 Å². The second kappa shape index (κ2) is 6.12. The maximum absolute atomic E-state index is 12.4. The van der Waals surface area contributed by atoms with Crippen molar-refractivity contribution in [2.75, 3.05) is 7.05 Å². The molecular formula is C12H19N5O2. The molecule has 0 fully saturated rings. The van der Waals surface area contributed by atoms with Crippen molar-refractivity contribution in [3.63, 3.8) is 0 Å². The van der Waals surface area contributed by atoms with Gasteiger partial charge in [0.25, 0.3) is 5.91 Å². The van der Waals surface area contributed by atoms with Crippen LogP contribution in [0.2, 0.25) is 0 Å². The van der Waals surface area contributed by atoms with Gasteiger partial charge in [0.1, 0.15) is 0 Å². The second-order valence-electron chi connectivity index (χ2n) is 4.32. The van der Waals surface area contributed by atoms with Crippen LogP contribution < -0.4 is 5.73 Å². The summed E-state index contributed by atoms with van der Waals surface area (Å²) in [4.78, 5) is 13.8. The van der Waals surface area contributed by atoms with Gasteiger partial charge in [0, 0.05) is 7.05 Å². The molecule has 1 aromatic heterocycles. The standard InChI is InChI=1S/C12H19N5O2/c1-5-10-9(6-7(2)14-15-10)12(18)17(4)8(3)11(13)16-19/h6,8,19H,5H2,1-4H3,(H2,13,16). The number of hydrogen-bond donors (Lipinski definition) is 2. The van der Waals surface area contributed by atoms with E-state index in [1.54, 1.807) is 27.0 Å². The zero-order chi connectivity index (χ0) is 14.6. The van der Waals surface area contributed by atoms with Crippen LogP contribution in [0, 0.1) is 6.92 Å². The van der Waals surface area contributed by atoms with Gasteiger partial charge in [-0.2, -0.15) is 10.2 Å². The minimum atomic E-state index is -0.504. The van der Waals surface area contributed by atoms with E-state index >= 15 is 0 Å². The molecular weight excluding hydrogens is 246 g/mol. The van der Waals surface area contributed by atoms with Crippen molar-refractivity contribution in [2.45, 2.75) is 33.2 Å². The highest BCUT2D eigenvalue weighted by molar-refractivity contribution is 5.98. The van der Waals surface area contributed by atoms with Crippen molar-refractivity contribution < 1.29 is 10.0 Å². The Hall–Kier alpha value is -2.18. The van der Waals surface area contributed by atoms with Crippen LogP contribution in [0.1, 0.15) is 35.6 Å². The molecule has 0 aliphatic heterocycles. The number of amides is 1. The van der Waals surface area contributed by atoms with Crippen LogP contribution in [-0.4, -0.2) is 45.1 Å². The summed E-state index contributed by atoms with van der Waals surface area (Å²) >= 11 is 0. The summed E-state index contributed by atoms with van der Waals surface area (Å²) in [5.74, 6) is -0.249. The first kappa shape index (κ1) is 14.9. The molecule has 7 heteroatoms. The fourth-order valence-corrected chi connectivity index (χ4v) is 1.61. The van der Waals surface area contributed by atoms with Gasteiger partial charge in [0.05, 0.1) is 23.0 Å². The average molecular weight is 265 g/mol. The molecule has 1 unspecified atom stereocenters. The SMILES string of the molecule is CCc1nnc(C)cc1C(=O)N(C)C(C)C(N)=NO. The first-order chi connectivity index (χ1) is 8.92. The van der Waals surface area contributed by atoms with E-state index in [1.165, 1.54) is 4.90 Å². The number of carbonyl (C=O) groups is 1. The Morgan fingerprint density at radius 1 is 1.58 bits per heavy atom. The molecule has 0 saturated carbocycles. The van der Waals surface area contributed by atoms with E-state index in [0.29, 0.717) is 23.4 Å². The molecule has 0 aliphatic rings. The average Bonchev–Trinajstić information content (AvgIpc) is 2.43. The van der Waals surface area contributed by atoms with Gasteiger partial charge in [0.2, 0.25) is 0 Å². The molecule has 3 N–H and O–H groups in total.